The van der Waals surface area contributed by atoms with Gasteiger partial charge >= 0.3 is 0 Å². The summed E-state index contributed by atoms with van der Waals surface area (Å²) >= 11 is 0. The number of carbonyl (C=O) groups is 1. The van der Waals surface area contributed by atoms with Gasteiger partial charge in [-0.05, 0) is 32.1 Å². The monoisotopic (exact) mass is 262 g/mol. The number of aromatic nitrogens is 2. The molecular formula is C14H22N4O. The van der Waals surface area contributed by atoms with E-state index in [0.717, 1.165) is 12.2 Å². The van der Waals surface area contributed by atoms with Crippen LogP contribution in [-0.4, -0.2) is 28.0 Å². The van der Waals surface area contributed by atoms with E-state index in [1.807, 2.05) is 6.92 Å². The van der Waals surface area contributed by atoms with Gasteiger partial charge in [-0.3, -0.25) is 4.79 Å². The van der Waals surface area contributed by atoms with Gasteiger partial charge in [0.15, 0.2) is 0 Å². The molecule has 0 radical (unpaired) electrons. The van der Waals surface area contributed by atoms with Crippen molar-refractivity contribution in [1.82, 2.24) is 20.6 Å². The minimum Gasteiger partial charge on any atom is -0.347 e. The minimum absolute atomic E-state index is 0.0227. The lowest BCUT2D eigenvalue weighted by Gasteiger charge is -2.24. The first-order valence-corrected chi connectivity index (χ1v) is 7.29. The summed E-state index contributed by atoms with van der Waals surface area (Å²) in [5.41, 5.74) is 0. The Balaban J connectivity index is 1.56. The number of amides is 1. The zero-order chi connectivity index (χ0) is 13.2. The van der Waals surface area contributed by atoms with Gasteiger partial charge in [-0.25, -0.2) is 4.98 Å². The van der Waals surface area contributed by atoms with Crippen LogP contribution in [0.25, 0.3) is 0 Å². The fourth-order valence-corrected chi connectivity index (χ4v) is 3.42. The Labute approximate surface area is 113 Å². The van der Waals surface area contributed by atoms with Crippen LogP contribution in [0.2, 0.25) is 0 Å². The topological polar surface area (TPSA) is 69.8 Å². The minimum atomic E-state index is -0.0630. The third kappa shape index (κ3) is 2.66. The van der Waals surface area contributed by atoms with Crippen LogP contribution in [0.1, 0.15) is 50.9 Å². The number of aromatic amines is 1. The van der Waals surface area contributed by atoms with Crippen LogP contribution in [0.3, 0.4) is 0 Å². The SMILES string of the molecule is CC(NC(=O)C1CC2CCCCC2N1)c1ncc[nH]1. The van der Waals surface area contributed by atoms with E-state index in [9.17, 15) is 4.79 Å². The highest BCUT2D eigenvalue weighted by Gasteiger charge is 2.38. The Morgan fingerprint density at radius 2 is 2.32 bits per heavy atom. The number of hydrogen-bond acceptors (Lipinski definition) is 3. The number of fused-ring (bicyclic) bond motifs is 1. The van der Waals surface area contributed by atoms with Gasteiger partial charge < -0.3 is 15.6 Å². The molecule has 3 rings (SSSR count). The molecule has 1 saturated heterocycles. The van der Waals surface area contributed by atoms with Gasteiger partial charge in [0, 0.05) is 18.4 Å². The van der Waals surface area contributed by atoms with E-state index in [4.69, 9.17) is 0 Å². The van der Waals surface area contributed by atoms with Crippen LogP contribution in [0.5, 0.6) is 0 Å². The first-order valence-electron chi connectivity index (χ1n) is 7.29. The number of nitrogens with one attached hydrogen (secondary N) is 3. The number of rotatable bonds is 3. The third-order valence-electron chi connectivity index (χ3n) is 4.47. The average Bonchev–Trinajstić information content (AvgIpc) is 3.07. The number of hydrogen-bond donors (Lipinski definition) is 3. The molecule has 1 aromatic heterocycles. The maximum Gasteiger partial charge on any atom is 0.237 e. The molecule has 1 aliphatic carbocycles. The molecule has 1 aromatic rings. The summed E-state index contributed by atoms with van der Waals surface area (Å²) < 4.78 is 0. The van der Waals surface area contributed by atoms with E-state index < -0.39 is 0 Å². The van der Waals surface area contributed by atoms with Crippen molar-refractivity contribution in [3.05, 3.63) is 18.2 Å². The maximum absolute atomic E-state index is 12.3. The van der Waals surface area contributed by atoms with E-state index in [2.05, 4.69) is 20.6 Å². The molecule has 0 aromatic carbocycles. The lowest BCUT2D eigenvalue weighted by atomic mass is 9.85. The summed E-state index contributed by atoms with van der Waals surface area (Å²) in [7, 11) is 0. The highest BCUT2D eigenvalue weighted by atomic mass is 16.2. The summed E-state index contributed by atoms with van der Waals surface area (Å²) in [6.45, 7) is 1.96. The molecule has 5 nitrogen and oxygen atoms in total. The quantitative estimate of drug-likeness (QED) is 0.773. The molecule has 3 N–H and O–H groups in total. The second-order valence-electron chi connectivity index (χ2n) is 5.81. The van der Waals surface area contributed by atoms with Crippen molar-refractivity contribution in [2.24, 2.45) is 5.92 Å². The first-order chi connectivity index (χ1) is 9.24. The van der Waals surface area contributed by atoms with Crippen molar-refractivity contribution < 1.29 is 4.79 Å². The Hall–Kier alpha value is -1.36. The highest BCUT2D eigenvalue weighted by Crippen LogP contribution is 2.33. The van der Waals surface area contributed by atoms with Crippen molar-refractivity contribution in [1.29, 1.82) is 0 Å². The van der Waals surface area contributed by atoms with E-state index in [1.54, 1.807) is 12.4 Å². The largest absolute Gasteiger partial charge is 0.347 e. The molecular weight excluding hydrogens is 240 g/mol. The molecule has 2 fully saturated rings. The summed E-state index contributed by atoms with van der Waals surface area (Å²) in [4.78, 5) is 19.5. The Kier molecular flexibility index (Phi) is 3.55. The zero-order valence-corrected chi connectivity index (χ0v) is 11.4. The smallest absolute Gasteiger partial charge is 0.237 e. The Bertz CT molecular complexity index is 417. The third-order valence-corrected chi connectivity index (χ3v) is 4.47. The van der Waals surface area contributed by atoms with Gasteiger partial charge in [0.1, 0.15) is 5.82 Å². The number of H-pyrrole nitrogens is 1. The van der Waals surface area contributed by atoms with Crippen molar-refractivity contribution in [2.45, 2.75) is 57.2 Å². The lowest BCUT2D eigenvalue weighted by Crippen LogP contribution is -2.44. The van der Waals surface area contributed by atoms with E-state index in [-0.39, 0.29) is 18.0 Å². The summed E-state index contributed by atoms with van der Waals surface area (Å²) in [6, 6.07) is 0.473. The van der Waals surface area contributed by atoms with Gasteiger partial charge in [-0.1, -0.05) is 12.8 Å². The van der Waals surface area contributed by atoms with E-state index >= 15 is 0 Å². The van der Waals surface area contributed by atoms with Crippen LogP contribution in [0.4, 0.5) is 0 Å². The molecule has 1 amide bonds. The molecule has 4 unspecified atom stereocenters. The number of nitrogens with zero attached hydrogens (tertiary/aromatic N) is 1. The standard InChI is InChI=1S/C14H22N4O/c1-9(13-15-6-7-16-13)17-14(19)12-8-10-4-2-3-5-11(10)18-12/h6-7,9-12,18H,2-5,8H2,1H3,(H,15,16)(H,17,19). The molecule has 0 spiro atoms. The Morgan fingerprint density at radius 3 is 3.05 bits per heavy atom. The molecule has 19 heavy (non-hydrogen) atoms. The number of carbonyl (C=O) groups excluding carboxylic acids is 1. The lowest BCUT2D eigenvalue weighted by molar-refractivity contribution is -0.123. The first kappa shape index (κ1) is 12.7. The second-order valence-corrected chi connectivity index (χ2v) is 5.81. The van der Waals surface area contributed by atoms with Gasteiger partial charge in [0.05, 0.1) is 12.1 Å². The van der Waals surface area contributed by atoms with E-state index in [0.29, 0.717) is 12.0 Å². The molecule has 5 heteroatoms. The normalized spacial score (nSPS) is 31.7. The van der Waals surface area contributed by atoms with Gasteiger partial charge in [0.25, 0.3) is 0 Å². The fourth-order valence-electron chi connectivity index (χ4n) is 3.42. The summed E-state index contributed by atoms with van der Waals surface area (Å²) in [6.07, 6.45) is 9.59. The number of imidazole rings is 1. The van der Waals surface area contributed by atoms with Gasteiger partial charge in [-0.15, -0.1) is 0 Å². The van der Waals surface area contributed by atoms with Crippen LogP contribution >= 0.6 is 0 Å². The van der Waals surface area contributed by atoms with Crippen molar-refractivity contribution in [3.8, 4) is 0 Å². The summed E-state index contributed by atoms with van der Waals surface area (Å²) in [5, 5.41) is 6.54. The van der Waals surface area contributed by atoms with E-state index in [1.165, 1.54) is 25.7 Å². The van der Waals surface area contributed by atoms with Gasteiger partial charge in [0.2, 0.25) is 5.91 Å². The van der Waals surface area contributed by atoms with Crippen LogP contribution in [-0.2, 0) is 4.79 Å². The fraction of sp³-hybridized carbons (Fsp3) is 0.714. The molecule has 0 bridgehead atoms. The maximum atomic E-state index is 12.3. The highest BCUT2D eigenvalue weighted by molar-refractivity contribution is 5.82. The van der Waals surface area contributed by atoms with Crippen LogP contribution < -0.4 is 10.6 Å². The predicted molar refractivity (Wildman–Crippen MR) is 72.4 cm³/mol. The van der Waals surface area contributed by atoms with Crippen molar-refractivity contribution in [2.75, 3.05) is 0 Å². The zero-order valence-electron chi connectivity index (χ0n) is 11.4. The van der Waals surface area contributed by atoms with Crippen molar-refractivity contribution in [3.63, 3.8) is 0 Å². The molecule has 2 heterocycles. The molecule has 4 atom stereocenters. The molecule has 1 aliphatic heterocycles. The van der Waals surface area contributed by atoms with Gasteiger partial charge in [-0.2, -0.15) is 0 Å². The second kappa shape index (κ2) is 5.33. The molecule has 2 aliphatic rings. The molecule has 1 saturated carbocycles. The Morgan fingerprint density at radius 1 is 1.47 bits per heavy atom. The molecule has 104 valence electrons. The van der Waals surface area contributed by atoms with Crippen molar-refractivity contribution >= 4 is 5.91 Å². The van der Waals surface area contributed by atoms with Crippen LogP contribution in [0.15, 0.2) is 12.4 Å². The summed E-state index contributed by atoms with van der Waals surface area (Å²) in [5.74, 6) is 1.62. The average molecular weight is 262 g/mol. The van der Waals surface area contributed by atoms with Crippen LogP contribution in [0, 0.1) is 5.92 Å². The predicted octanol–water partition coefficient (Wildman–Crippen LogP) is 1.51.